The highest BCUT2D eigenvalue weighted by Gasteiger charge is 2.20. The summed E-state index contributed by atoms with van der Waals surface area (Å²) in [6, 6.07) is 8.24. The van der Waals surface area contributed by atoms with E-state index < -0.39 is 6.04 Å². The van der Waals surface area contributed by atoms with E-state index in [-0.39, 0.29) is 24.5 Å². The van der Waals surface area contributed by atoms with Crippen LogP contribution < -0.4 is 11.1 Å². The quantitative estimate of drug-likeness (QED) is 0.708. The zero-order valence-corrected chi connectivity index (χ0v) is 10.3. The van der Waals surface area contributed by atoms with Crippen molar-refractivity contribution in [2.24, 2.45) is 11.7 Å². The fraction of sp³-hybridized carbons (Fsp3) is 0.462. The molecule has 4 N–H and O–H groups in total. The van der Waals surface area contributed by atoms with Crippen molar-refractivity contribution in [2.45, 2.75) is 25.9 Å². The molecule has 0 bridgehead atoms. The fourth-order valence-electron chi connectivity index (χ4n) is 1.51. The largest absolute Gasteiger partial charge is 0.394 e. The lowest BCUT2D eigenvalue weighted by Gasteiger charge is -2.22. The molecule has 0 heterocycles. The van der Waals surface area contributed by atoms with Gasteiger partial charge in [-0.3, -0.25) is 4.79 Å². The van der Waals surface area contributed by atoms with Crippen molar-refractivity contribution in [3.05, 3.63) is 35.9 Å². The third kappa shape index (κ3) is 3.84. The number of amides is 1. The van der Waals surface area contributed by atoms with Crippen LogP contribution in [-0.4, -0.2) is 23.7 Å². The van der Waals surface area contributed by atoms with Crippen LogP contribution in [0.2, 0.25) is 0 Å². The van der Waals surface area contributed by atoms with E-state index >= 15 is 0 Å². The molecule has 4 nitrogen and oxygen atoms in total. The van der Waals surface area contributed by atoms with Gasteiger partial charge in [-0.1, -0.05) is 44.2 Å². The fourth-order valence-corrected chi connectivity index (χ4v) is 1.51. The number of hydrogen-bond acceptors (Lipinski definition) is 3. The molecule has 0 aliphatic carbocycles. The number of nitrogens with two attached hydrogens (primary N) is 1. The van der Waals surface area contributed by atoms with E-state index in [1.54, 1.807) is 0 Å². The van der Waals surface area contributed by atoms with Gasteiger partial charge in [0.15, 0.2) is 0 Å². The van der Waals surface area contributed by atoms with Gasteiger partial charge in [-0.15, -0.1) is 0 Å². The molecule has 0 spiro atoms. The van der Waals surface area contributed by atoms with Crippen LogP contribution in [0, 0.1) is 5.92 Å². The van der Waals surface area contributed by atoms with E-state index in [1.165, 1.54) is 0 Å². The first-order valence-corrected chi connectivity index (χ1v) is 5.78. The van der Waals surface area contributed by atoms with E-state index in [9.17, 15) is 4.79 Å². The molecule has 94 valence electrons. The van der Waals surface area contributed by atoms with Crippen LogP contribution >= 0.6 is 0 Å². The third-order valence-corrected chi connectivity index (χ3v) is 2.77. The minimum atomic E-state index is -0.691. The molecule has 1 rings (SSSR count). The average Bonchev–Trinajstić information content (AvgIpc) is 2.35. The Morgan fingerprint density at radius 1 is 1.35 bits per heavy atom. The number of carbonyl (C=O) groups is 1. The second-order valence-electron chi connectivity index (χ2n) is 4.43. The average molecular weight is 236 g/mol. The zero-order chi connectivity index (χ0) is 12.8. The van der Waals surface area contributed by atoms with Crippen molar-refractivity contribution in [2.75, 3.05) is 6.61 Å². The van der Waals surface area contributed by atoms with Crippen molar-refractivity contribution in [3.63, 3.8) is 0 Å². The van der Waals surface area contributed by atoms with Crippen molar-refractivity contribution in [3.8, 4) is 0 Å². The molecule has 0 unspecified atom stereocenters. The van der Waals surface area contributed by atoms with Crippen molar-refractivity contribution in [1.82, 2.24) is 5.32 Å². The van der Waals surface area contributed by atoms with Crippen molar-refractivity contribution in [1.29, 1.82) is 0 Å². The lowest BCUT2D eigenvalue weighted by Crippen LogP contribution is -2.45. The molecular weight excluding hydrogens is 216 g/mol. The van der Waals surface area contributed by atoms with Gasteiger partial charge in [-0.05, 0) is 11.5 Å². The van der Waals surface area contributed by atoms with Crippen molar-refractivity contribution >= 4 is 5.91 Å². The minimum absolute atomic E-state index is 0.0785. The number of aliphatic hydroxyl groups is 1. The summed E-state index contributed by atoms with van der Waals surface area (Å²) in [6.45, 7) is 3.80. The van der Waals surface area contributed by atoms with E-state index in [0.717, 1.165) is 5.56 Å². The monoisotopic (exact) mass is 236 g/mol. The van der Waals surface area contributed by atoms with E-state index in [2.05, 4.69) is 5.32 Å². The second kappa shape index (κ2) is 6.37. The Balaban J connectivity index is 2.64. The lowest BCUT2D eigenvalue weighted by molar-refractivity contribution is -0.123. The van der Waals surface area contributed by atoms with E-state index in [1.807, 2.05) is 44.2 Å². The Hall–Kier alpha value is -1.39. The van der Waals surface area contributed by atoms with Gasteiger partial charge in [-0.25, -0.2) is 0 Å². The van der Waals surface area contributed by atoms with Crippen LogP contribution in [0.1, 0.15) is 25.5 Å². The summed E-state index contributed by atoms with van der Waals surface area (Å²) >= 11 is 0. The Morgan fingerprint density at radius 3 is 2.41 bits per heavy atom. The van der Waals surface area contributed by atoms with E-state index in [0.29, 0.717) is 0 Å². The summed E-state index contributed by atoms with van der Waals surface area (Å²) in [4.78, 5) is 11.9. The molecule has 0 aromatic heterocycles. The summed E-state index contributed by atoms with van der Waals surface area (Å²) < 4.78 is 0. The highest BCUT2D eigenvalue weighted by molar-refractivity contribution is 5.83. The Bertz CT molecular complexity index is 352. The number of nitrogens with one attached hydrogen (secondary N) is 1. The molecule has 0 fully saturated rings. The molecule has 4 heteroatoms. The molecule has 1 amide bonds. The molecule has 1 aromatic rings. The number of benzene rings is 1. The highest BCUT2D eigenvalue weighted by Crippen LogP contribution is 2.10. The molecule has 1 aromatic carbocycles. The normalized spacial score (nSPS) is 14.4. The first kappa shape index (κ1) is 13.7. The number of carbonyl (C=O) groups excluding carboxylic acids is 1. The first-order valence-electron chi connectivity index (χ1n) is 5.78. The van der Waals surface area contributed by atoms with Gasteiger partial charge in [0.1, 0.15) is 6.04 Å². The standard InChI is InChI=1S/C13H20N2O2/c1-9(2)11(8-16)15-13(17)12(14)10-6-4-3-5-7-10/h3-7,9,11-12,16H,8,14H2,1-2H3,(H,15,17)/t11-,12+/m1/s1. The summed E-state index contributed by atoms with van der Waals surface area (Å²) in [7, 11) is 0. The second-order valence-corrected chi connectivity index (χ2v) is 4.43. The smallest absolute Gasteiger partial charge is 0.241 e. The highest BCUT2D eigenvalue weighted by atomic mass is 16.3. The number of aliphatic hydroxyl groups excluding tert-OH is 1. The SMILES string of the molecule is CC(C)[C@@H](CO)NC(=O)[C@@H](N)c1ccccc1. The van der Waals surface area contributed by atoms with Crippen LogP contribution in [0.5, 0.6) is 0 Å². The summed E-state index contributed by atoms with van der Waals surface area (Å²) in [5.74, 6) is -0.0872. The molecular formula is C13H20N2O2. The number of hydrogen-bond donors (Lipinski definition) is 3. The maximum Gasteiger partial charge on any atom is 0.241 e. The topological polar surface area (TPSA) is 75.3 Å². The third-order valence-electron chi connectivity index (χ3n) is 2.77. The lowest BCUT2D eigenvalue weighted by atomic mass is 10.0. The summed E-state index contributed by atoms with van der Waals surface area (Å²) in [5, 5.41) is 11.9. The van der Waals surface area contributed by atoms with Crippen LogP contribution in [0.25, 0.3) is 0 Å². The predicted molar refractivity (Wildman–Crippen MR) is 67.2 cm³/mol. The van der Waals surface area contributed by atoms with Crippen molar-refractivity contribution < 1.29 is 9.90 Å². The van der Waals surface area contributed by atoms with Crippen LogP contribution in [0.4, 0.5) is 0 Å². The Morgan fingerprint density at radius 2 is 1.94 bits per heavy atom. The zero-order valence-electron chi connectivity index (χ0n) is 10.3. The van der Waals surface area contributed by atoms with Gasteiger partial charge in [0.2, 0.25) is 5.91 Å². The Labute approximate surface area is 102 Å². The minimum Gasteiger partial charge on any atom is -0.394 e. The Kier molecular flexibility index (Phi) is 5.12. The summed E-state index contributed by atoms with van der Waals surface area (Å²) in [6.07, 6.45) is 0. The van der Waals surface area contributed by atoms with Crippen LogP contribution in [0.15, 0.2) is 30.3 Å². The van der Waals surface area contributed by atoms with Gasteiger partial charge in [-0.2, -0.15) is 0 Å². The van der Waals surface area contributed by atoms with Crippen LogP contribution in [0.3, 0.4) is 0 Å². The molecule has 0 saturated carbocycles. The maximum atomic E-state index is 11.9. The predicted octanol–water partition coefficient (Wildman–Crippen LogP) is 0.819. The molecule has 17 heavy (non-hydrogen) atoms. The van der Waals surface area contributed by atoms with Gasteiger partial charge in [0.05, 0.1) is 12.6 Å². The first-order chi connectivity index (χ1) is 8.06. The maximum absolute atomic E-state index is 11.9. The molecule has 2 atom stereocenters. The van der Waals surface area contributed by atoms with Gasteiger partial charge < -0.3 is 16.2 Å². The van der Waals surface area contributed by atoms with Crippen LogP contribution in [-0.2, 0) is 4.79 Å². The van der Waals surface area contributed by atoms with E-state index in [4.69, 9.17) is 10.8 Å². The summed E-state index contributed by atoms with van der Waals surface area (Å²) in [5.41, 5.74) is 6.62. The molecule has 0 aliphatic heterocycles. The molecule has 0 saturated heterocycles. The van der Waals surface area contributed by atoms with Gasteiger partial charge in [0, 0.05) is 0 Å². The molecule has 0 aliphatic rings. The van der Waals surface area contributed by atoms with Gasteiger partial charge >= 0.3 is 0 Å². The number of rotatable bonds is 5. The molecule has 0 radical (unpaired) electrons. The van der Waals surface area contributed by atoms with Gasteiger partial charge in [0.25, 0.3) is 0 Å².